The summed E-state index contributed by atoms with van der Waals surface area (Å²) < 4.78 is 13.0. The Balaban J connectivity index is 1.91. The van der Waals surface area contributed by atoms with Crippen LogP contribution in [0.25, 0.3) is 0 Å². The van der Waals surface area contributed by atoms with E-state index in [1.165, 1.54) is 0 Å². The van der Waals surface area contributed by atoms with Crippen LogP contribution in [0.3, 0.4) is 0 Å². The molecule has 1 fully saturated rings. The van der Waals surface area contributed by atoms with Crippen LogP contribution >= 0.6 is 0 Å². The van der Waals surface area contributed by atoms with Gasteiger partial charge in [0.2, 0.25) is 0 Å². The van der Waals surface area contributed by atoms with Gasteiger partial charge in [-0.05, 0) is 20.9 Å². The Morgan fingerprint density at radius 2 is 2.00 bits per heavy atom. The van der Waals surface area contributed by atoms with Crippen molar-refractivity contribution in [3.8, 4) is 0 Å². The number of piperazine rings is 1. The minimum absolute atomic E-state index is 0.0526. The van der Waals surface area contributed by atoms with E-state index in [0.29, 0.717) is 18.8 Å². The molecule has 0 bridgehead atoms. The number of aromatic nitrogens is 2. The molecule has 1 amide bonds. The van der Waals surface area contributed by atoms with Crippen molar-refractivity contribution < 1.29 is 14.3 Å². The summed E-state index contributed by atoms with van der Waals surface area (Å²) in [6.45, 7) is 8.63. The van der Waals surface area contributed by atoms with Gasteiger partial charge in [-0.2, -0.15) is 5.10 Å². The van der Waals surface area contributed by atoms with Gasteiger partial charge in [-0.1, -0.05) is 0 Å². The molecule has 1 aromatic rings. The summed E-state index contributed by atoms with van der Waals surface area (Å²) in [5, 5.41) is 4.66. The normalized spacial score (nSPS) is 24.9. The van der Waals surface area contributed by atoms with Gasteiger partial charge in [-0.15, -0.1) is 0 Å². The van der Waals surface area contributed by atoms with Gasteiger partial charge in [0.25, 0.3) is 5.91 Å². The van der Waals surface area contributed by atoms with Crippen LogP contribution in [0, 0.1) is 0 Å². The summed E-state index contributed by atoms with van der Waals surface area (Å²) in [4.78, 5) is 17.2. The van der Waals surface area contributed by atoms with Crippen LogP contribution in [0.4, 0.5) is 0 Å². The van der Waals surface area contributed by atoms with E-state index in [9.17, 15) is 4.79 Å². The molecule has 0 aliphatic carbocycles. The first-order valence-corrected chi connectivity index (χ1v) is 8.73. The van der Waals surface area contributed by atoms with Gasteiger partial charge < -0.3 is 19.3 Å². The monoisotopic (exact) mass is 336 g/mol. The first-order chi connectivity index (χ1) is 11.5. The molecule has 1 saturated heterocycles. The average Bonchev–Trinajstić information content (AvgIpc) is 2.91. The number of methoxy groups -OCH3 is 1. The van der Waals surface area contributed by atoms with E-state index in [1.54, 1.807) is 7.11 Å². The second-order valence-corrected chi connectivity index (χ2v) is 6.82. The van der Waals surface area contributed by atoms with E-state index in [-0.39, 0.29) is 18.1 Å². The highest BCUT2D eigenvalue weighted by molar-refractivity contribution is 5.94. The number of amides is 1. The molecule has 3 heterocycles. The van der Waals surface area contributed by atoms with Gasteiger partial charge in [-0.25, -0.2) is 0 Å². The second-order valence-electron chi connectivity index (χ2n) is 6.82. The number of rotatable bonds is 4. The van der Waals surface area contributed by atoms with Crippen molar-refractivity contribution in [3.63, 3.8) is 0 Å². The molecular weight excluding hydrogens is 308 g/mol. The van der Waals surface area contributed by atoms with Crippen LogP contribution in [0.2, 0.25) is 0 Å². The maximum atomic E-state index is 13.0. The van der Waals surface area contributed by atoms with E-state index in [0.717, 1.165) is 43.9 Å². The predicted molar refractivity (Wildman–Crippen MR) is 90.2 cm³/mol. The van der Waals surface area contributed by atoms with Gasteiger partial charge in [0, 0.05) is 45.3 Å². The smallest absolute Gasteiger partial charge is 0.274 e. The van der Waals surface area contributed by atoms with Crippen LogP contribution < -0.4 is 0 Å². The van der Waals surface area contributed by atoms with Crippen molar-refractivity contribution in [2.45, 2.75) is 39.0 Å². The third kappa shape index (κ3) is 3.34. The van der Waals surface area contributed by atoms with Gasteiger partial charge in [-0.3, -0.25) is 9.48 Å². The fraction of sp³-hybridized carbons (Fsp3) is 0.765. The molecule has 2 aliphatic heterocycles. The van der Waals surface area contributed by atoms with Crippen LogP contribution in [0.15, 0.2) is 0 Å². The zero-order valence-electron chi connectivity index (χ0n) is 15.1. The first kappa shape index (κ1) is 17.4. The number of hydrogen-bond donors (Lipinski definition) is 0. The fourth-order valence-electron chi connectivity index (χ4n) is 3.60. The molecule has 7 nitrogen and oxygen atoms in total. The van der Waals surface area contributed by atoms with Crippen molar-refractivity contribution in [1.29, 1.82) is 0 Å². The number of carbonyl (C=O) groups is 1. The maximum absolute atomic E-state index is 13.0. The van der Waals surface area contributed by atoms with Crippen molar-refractivity contribution in [1.82, 2.24) is 19.6 Å². The SMILES string of the molecule is COCCn1nc(C(=O)N2CCN(C)CC2)c2c1[C@H](C)O[C@H](C)C2. The van der Waals surface area contributed by atoms with E-state index in [4.69, 9.17) is 9.47 Å². The van der Waals surface area contributed by atoms with Crippen molar-refractivity contribution in [2.24, 2.45) is 0 Å². The molecule has 24 heavy (non-hydrogen) atoms. The standard InChI is InChI=1S/C17H28N4O3/c1-12-11-14-15(17(22)20-7-5-19(3)6-8-20)18-21(9-10-23-4)16(14)13(2)24-12/h12-13H,5-11H2,1-4H3/t12-,13+/m1/s1. The Hall–Kier alpha value is -1.44. The number of ether oxygens (including phenoxy) is 2. The molecule has 1 aromatic heterocycles. The lowest BCUT2D eigenvalue weighted by Gasteiger charge is -2.32. The molecule has 0 N–H and O–H groups in total. The van der Waals surface area contributed by atoms with E-state index >= 15 is 0 Å². The lowest BCUT2D eigenvalue weighted by Crippen LogP contribution is -2.47. The molecule has 3 rings (SSSR count). The molecular formula is C17H28N4O3. The zero-order chi connectivity index (χ0) is 17.3. The highest BCUT2D eigenvalue weighted by Crippen LogP contribution is 2.32. The molecule has 134 valence electrons. The lowest BCUT2D eigenvalue weighted by atomic mass is 9.99. The summed E-state index contributed by atoms with van der Waals surface area (Å²) in [5.74, 6) is 0.0526. The molecule has 7 heteroatoms. The fourth-order valence-corrected chi connectivity index (χ4v) is 3.60. The highest BCUT2D eigenvalue weighted by atomic mass is 16.5. The van der Waals surface area contributed by atoms with Gasteiger partial charge >= 0.3 is 0 Å². The number of nitrogens with zero attached hydrogens (tertiary/aromatic N) is 4. The predicted octanol–water partition coefficient (Wildman–Crippen LogP) is 0.939. The van der Waals surface area contributed by atoms with Crippen LogP contribution in [0.5, 0.6) is 0 Å². The molecule has 0 radical (unpaired) electrons. The van der Waals surface area contributed by atoms with Gasteiger partial charge in [0.1, 0.15) is 0 Å². The molecule has 2 atom stereocenters. The quantitative estimate of drug-likeness (QED) is 0.819. The summed E-state index contributed by atoms with van der Waals surface area (Å²) >= 11 is 0. The Morgan fingerprint density at radius 3 is 2.67 bits per heavy atom. The Labute approximate surface area is 143 Å². The van der Waals surface area contributed by atoms with E-state index < -0.39 is 0 Å². The Kier molecular flexibility index (Phi) is 5.22. The van der Waals surface area contributed by atoms with E-state index in [2.05, 4.69) is 24.0 Å². The summed E-state index contributed by atoms with van der Waals surface area (Å²) in [6, 6.07) is 0. The van der Waals surface area contributed by atoms with Crippen LogP contribution in [0.1, 0.15) is 41.7 Å². The topological polar surface area (TPSA) is 59.8 Å². The largest absolute Gasteiger partial charge is 0.383 e. The van der Waals surface area contributed by atoms with E-state index in [1.807, 2.05) is 16.5 Å². The number of likely N-dealkylation sites (N-methyl/N-ethyl adjacent to an activating group) is 1. The van der Waals surface area contributed by atoms with Gasteiger partial charge in [0.15, 0.2) is 5.69 Å². The van der Waals surface area contributed by atoms with Crippen molar-refractivity contribution in [2.75, 3.05) is 46.9 Å². The summed E-state index contributed by atoms with van der Waals surface area (Å²) in [6.07, 6.45) is 0.787. The maximum Gasteiger partial charge on any atom is 0.274 e. The zero-order valence-corrected chi connectivity index (χ0v) is 15.1. The third-order valence-electron chi connectivity index (χ3n) is 4.91. The minimum Gasteiger partial charge on any atom is -0.383 e. The number of hydrogen-bond acceptors (Lipinski definition) is 5. The first-order valence-electron chi connectivity index (χ1n) is 8.73. The molecule has 0 unspecified atom stereocenters. The van der Waals surface area contributed by atoms with Crippen molar-refractivity contribution in [3.05, 3.63) is 17.0 Å². The van der Waals surface area contributed by atoms with Gasteiger partial charge in [0.05, 0.1) is 31.1 Å². The van der Waals surface area contributed by atoms with Crippen LogP contribution in [-0.4, -0.2) is 78.5 Å². The minimum atomic E-state index is -0.0536. The highest BCUT2D eigenvalue weighted by Gasteiger charge is 2.34. The Bertz CT molecular complexity index is 593. The summed E-state index contributed by atoms with van der Waals surface area (Å²) in [7, 11) is 3.76. The average molecular weight is 336 g/mol. The van der Waals surface area contributed by atoms with Crippen molar-refractivity contribution >= 4 is 5.91 Å². The van der Waals surface area contributed by atoms with Crippen LogP contribution in [-0.2, 0) is 22.4 Å². The molecule has 0 saturated carbocycles. The lowest BCUT2D eigenvalue weighted by molar-refractivity contribution is -0.0102. The third-order valence-corrected chi connectivity index (χ3v) is 4.91. The molecule has 0 spiro atoms. The Morgan fingerprint density at radius 1 is 1.29 bits per heavy atom. The number of carbonyl (C=O) groups excluding carboxylic acids is 1. The second kappa shape index (κ2) is 7.21. The molecule has 0 aromatic carbocycles. The molecule has 2 aliphatic rings. The number of fused-ring (bicyclic) bond motifs is 1. The summed E-state index contributed by atoms with van der Waals surface area (Å²) in [5.41, 5.74) is 2.69.